The summed E-state index contributed by atoms with van der Waals surface area (Å²) >= 11 is 0. The van der Waals surface area contributed by atoms with Crippen molar-refractivity contribution in [3.05, 3.63) is 42.0 Å². The van der Waals surface area contributed by atoms with E-state index in [1.54, 1.807) is 0 Å². The molecular formula is C15H20O2. The van der Waals surface area contributed by atoms with Gasteiger partial charge in [0.15, 0.2) is 6.29 Å². The van der Waals surface area contributed by atoms with Gasteiger partial charge in [0.1, 0.15) is 5.75 Å². The van der Waals surface area contributed by atoms with Crippen LogP contribution in [0.15, 0.2) is 30.9 Å². The van der Waals surface area contributed by atoms with Crippen LogP contribution >= 0.6 is 0 Å². The van der Waals surface area contributed by atoms with Crippen LogP contribution in [0.2, 0.25) is 0 Å². The van der Waals surface area contributed by atoms with Gasteiger partial charge in [-0.3, -0.25) is 0 Å². The Kier molecular flexibility index (Phi) is 4.21. The second kappa shape index (κ2) is 5.87. The third kappa shape index (κ3) is 3.34. The predicted molar refractivity (Wildman–Crippen MR) is 69.3 cm³/mol. The van der Waals surface area contributed by atoms with E-state index in [-0.39, 0.29) is 6.29 Å². The van der Waals surface area contributed by atoms with Crippen molar-refractivity contribution < 1.29 is 9.47 Å². The maximum absolute atomic E-state index is 5.87. The van der Waals surface area contributed by atoms with Gasteiger partial charge in [-0.25, -0.2) is 0 Å². The summed E-state index contributed by atoms with van der Waals surface area (Å²) in [5.74, 6) is 0.935. The molecule has 0 amide bonds. The topological polar surface area (TPSA) is 18.5 Å². The third-order valence-corrected chi connectivity index (χ3v) is 3.02. The number of hydrogen-bond donors (Lipinski definition) is 0. The van der Waals surface area contributed by atoms with Gasteiger partial charge < -0.3 is 9.47 Å². The fourth-order valence-electron chi connectivity index (χ4n) is 2.08. The largest absolute Gasteiger partial charge is 0.465 e. The Morgan fingerprint density at radius 3 is 3.00 bits per heavy atom. The van der Waals surface area contributed by atoms with Gasteiger partial charge in [0.2, 0.25) is 0 Å². The normalized spacial score (nSPS) is 19.9. The van der Waals surface area contributed by atoms with E-state index in [9.17, 15) is 0 Å². The van der Waals surface area contributed by atoms with E-state index in [0.717, 1.165) is 31.6 Å². The maximum Gasteiger partial charge on any atom is 0.199 e. The molecule has 1 aliphatic rings. The number of benzene rings is 1. The Balaban J connectivity index is 2.02. The van der Waals surface area contributed by atoms with E-state index < -0.39 is 0 Å². The molecule has 1 fully saturated rings. The van der Waals surface area contributed by atoms with Crippen molar-refractivity contribution in [2.24, 2.45) is 0 Å². The van der Waals surface area contributed by atoms with Crippen molar-refractivity contribution in [2.75, 3.05) is 6.61 Å². The third-order valence-electron chi connectivity index (χ3n) is 3.02. The summed E-state index contributed by atoms with van der Waals surface area (Å²) in [6, 6.07) is 6.28. The molecule has 1 aliphatic heterocycles. The lowest BCUT2D eigenvalue weighted by molar-refractivity contribution is -0.106. The zero-order chi connectivity index (χ0) is 12.1. The molecule has 0 bridgehead atoms. The van der Waals surface area contributed by atoms with Crippen LogP contribution < -0.4 is 4.74 Å². The Labute approximate surface area is 103 Å². The van der Waals surface area contributed by atoms with Crippen molar-refractivity contribution in [2.45, 2.75) is 38.9 Å². The monoisotopic (exact) mass is 232 g/mol. The van der Waals surface area contributed by atoms with Gasteiger partial charge in [0.25, 0.3) is 0 Å². The standard InChI is InChI=1S/C15H20O2/c1-3-6-13-8-9-14(12(2)11-13)17-15-7-4-5-10-16-15/h3,8-9,11,15H,1,4-7,10H2,2H3. The Morgan fingerprint density at radius 2 is 2.35 bits per heavy atom. The summed E-state index contributed by atoms with van der Waals surface area (Å²) in [4.78, 5) is 0. The van der Waals surface area contributed by atoms with E-state index in [0.29, 0.717) is 0 Å². The van der Waals surface area contributed by atoms with Crippen LogP contribution in [0, 0.1) is 6.92 Å². The van der Waals surface area contributed by atoms with Gasteiger partial charge in [-0.05, 0) is 43.4 Å². The van der Waals surface area contributed by atoms with Crippen LogP contribution in [0.3, 0.4) is 0 Å². The molecule has 0 radical (unpaired) electrons. The minimum absolute atomic E-state index is 0.0623. The molecule has 0 aliphatic carbocycles. The van der Waals surface area contributed by atoms with Gasteiger partial charge in [-0.2, -0.15) is 0 Å². The lowest BCUT2D eigenvalue weighted by atomic mass is 10.1. The molecule has 92 valence electrons. The molecule has 2 heteroatoms. The Morgan fingerprint density at radius 1 is 1.47 bits per heavy atom. The lowest BCUT2D eigenvalue weighted by Gasteiger charge is -2.24. The minimum Gasteiger partial charge on any atom is -0.465 e. The fourth-order valence-corrected chi connectivity index (χ4v) is 2.08. The minimum atomic E-state index is -0.0623. The summed E-state index contributed by atoms with van der Waals surface area (Å²) < 4.78 is 11.4. The van der Waals surface area contributed by atoms with Crippen LogP contribution in [0.4, 0.5) is 0 Å². The van der Waals surface area contributed by atoms with Crippen LogP contribution in [0.25, 0.3) is 0 Å². The molecule has 2 nitrogen and oxygen atoms in total. The van der Waals surface area contributed by atoms with Crippen LogP contribution in [-0.4, -0.2) is 12.9 Å². The molecule has 1 unspecified atom stereocenters. The van der Waals surface area contributed by atoms with Crippen LogP contribution in [0.1, 0.15) is 30.4 Å². The van der Waals surface area contributed by atoms with Crippen LogP contribution in [-0.2, 0) is 11.2 Å². The highest BCUT2D eigenvalue weighted by atomic mass is 16.7. The summed E-state index contributed by atoms with van der Waals surface area (Å²) in [6.07, 6.45) is 6.09. The van der Waals surface area contributed by atoms with Crippen LogP contribution in [0.5, 0.6) is 5.75 Å². The fraction of sp³-hybridized carbons (Fsp3) is 0.467. The summed E-state index contributed by atoms with van der Waals surface area (Å²) in [6.45, 7) is 6.64. The molecule has 1 heterocycles. The summed E-state index contributed by atoms with van der Waals surface area (Å²) in [5, 5.41) is 0. The average Bonchev–Trinajstić information content (AvgIpc) is 2.34. The first-order valence-corrected chi connectivity index (χ1v) is 6.28. The molecule has 0 aromatic heterocycles. The van der Waals surface area contributed by atoms with Crippen molar-refractivity contribution in [1.29, 1.82) is 0 Å². The van der Waals surface area contributed by atoms with Gasteiger partial charge in [-0.1, -0.05) is 18.2 Å². The Bertz CT molecular complexity index is 379. The number of allylic oxidation sites excluding steroid dienone is 1. The van der Waals surface area contributed by atoms with Gasteiger partial charge in [0.05, 0.1) is 6.61 Å². The molecule has 1 atom stereocenters. The molecule has 2 rings (SSSR count). The quantitative estimate of drug-likeness (QED) is 0.738. The number of hydrogen-bond acceptors (Lipinski definition) is 2. The summed E-state index contributed by atoms with van der Waals surface area (Å²) in [7, 11) is 0. The number of ether oxygens (including phenoxy) is 2. The molecule has 1 aromatic carbocycles. The molecule has 0 saturated carbocycles. The first kappa shape index (κ1) is 12.2. The van der Waals surface area contributed by atoms with Crippen molar-refractivity contribution in [1.82, 2.24) is 0 Å². The van der Waals surface area contributed by atoms with Crippen molar-refractivity contribution in [3.8, 4) is 5.75 Å². The van der Waals surface area contributed by atoms with Gasteiger partial charge >= 0.3 is 0 Å². The highest BCUT2D eigenvalue weighted by Gasteiger charge is 2.15. The van der Waals surface area contributed by atoms with Crippen molar-refractivity contribution in [3.63, 3.8) is 0 Å². The number of rotatable bonds is 4. The van der Waals surface area contributed by atoms with E-state index in [4.69, 9.17) is 9.47 Å². The van der Waals surface area contributed by atoms with E-state index in [1.807, 2.05) is 12.1 Å². The smallest absolute Gasteiger partial charge is 0.199 e. The van der Waals surface area contributed by atoms with Gasteiger partial charge in [-0.15, -0.1) is 6.58 Å². The van der Waals surface area contributed by atoms with Gasteiger partial charge in [0, 0.05) is 6.42 Å². The SMILES string of the molecule is C=CCc1ccc(OC2CCCCO2)c(C)c1. The van der Waals surface area contributed by atoms with E-state index >= 15 is 0 Å². The van der Waals surface area contributed by atoms with Crippen molar-refractivity contribution >= 4 is 0 Å². The molecule has 1 aromatic rings. The number of aryl methyl sites for hydroxylation is 1. The first-order chi connectivity index (χ1) is 8.29. The molecule has 17 heavy (non-hydrogen) atoms. The zero-order valence-corrected chi connectivity index (χ0v) is 10.4. The van der Waals surface area contributed by atoms with E-state index in [1.165, 1.54) is 17.5 Å². The first-order valence-electron chi connectivity index (χ1n) is 6.28. The van der Waals surface area contributed by atoms with E-state index in [2.05, 4.69) is 25.6 Å². The zero-order valence-electron chi connectivity index (χ0n) is 10.4. The highest BCUT2D eigenvalue weighted by Crippen LogP contribution is 2.24. The molecule has 0 spiro atoms. The second-order valence-corrected chi connectivity index (χ2v) is 4.51. The second-order valence-electron chi connectivity index (χ2n) is 4.51. The lowest BCUT2D eigenvalue weighted by Crippen LogP contribution is -2.25. The maximum atomic E-state index is 5.87. The molecule has 1 saturated heterocycles. The highest BCUT2D eigenvalue weighted by molar-refractivity contribution is 5.36. The Hall–Kier alpha value is -1.28. The average molecular weight is 232 g/mol. The molecular weight excluding hydrogens is 212 g/mol. The predicted octanol–water partition coefficient (Wildman–Crippen LogP) is 3.63. The summed E-state index contributed by atoms with van der Waals surface area (Å²) in [5.41, 5.74) is 2.44. The molecule has 0 N–H and O–H groups in total.